The number of nitrogens with two attached hydrogens (primary N) is 1. The number of phenols is 1. The molecule has 0 aliphatic carbocycles. The highest BCUT2D eigenvalue weighted by Crippen LogP contribution is 2.44. The number of benzene rings is 4. The van der Waals surface area contributed by atoms with Gasteiger partial charge in [0.05, 0.1) is 22.0 Å². The fourth-order valence-electron chi connectivity index (χ4n) is 3.75. The van der Waals surface area contributed by atoms with Gasteiger partial charge in [-0.2, -0.15) is 43.9 Å². The van der Waals surface area contributed by atoms with Crippen LogP contribution in [0.1, 0.15) is 0 Å². The van der Waals surface area contributed by atoms with E-state index in [1.165, 1.54) is 12.1 Å². The van der Waals surface area contributed by atoms with Crippen LogP contribution in [0.3, 0.4) is 0 Å². The fraction of sp³-hybridized carbons (Fsp3) is 0. The number of hydrogen-bond acceptors (Lipinski definition) is 14. The predicted molar refractivity (Wildman–Crippen MR) is 151 cm³/mol. The summed E-state index contributed by atoms with van der Waals surface area (Å²) >= 11 is 0. The van der Waals surface area contributed by atoms with Crippen molar-refractivity contribution in [3.8, 4) is 5.75 Å². The predicted octanol–water partition coefficient (Wildman–Crippen LogP) is 3.95. The van der Waals surface area contributed by atoms with Crippen LogP contribution in [0.5, 0.6) is 5.75 Å². The molecule has 0 saturated carbocycles. The first kappa shape index (κ1) is 32.5. The number of nitrogen functional groups attached to an aromatic ring is 1. The van der Waals surface area contributed by atoms with Gasteiger partial charge in [0, 0.05) is 10.8 Å². The van der Waals surface area contributed by atoms with Gasteiger partial charge in [-0.25, -0.2) is 0 Å². The van der Waals surface area contributed by atoms with Crippen LogP contribution in [0.15, 0.2) is 101 Å². The lowest BCUT2D eigenvalue weighted by Gasteiger charge is -2.12. The Bertz CT molecular complexity index is 2340. The topological polar surface area (TPSA) is 313 Å². The molecule has 4 aromatic carbocycles. The second-order valence-corrected chi connectivity index (χ2v) is 14.2. The minimum atomic E-state index is -5.29. The van der Waals surface area contributed by atoms with Crippen molar-refractivity contribution in [2.24, 2.45) is 20.5 Å². The van der Waals surface area contributed by atoms with Crippen molar-refractivity contribution in [3.63, 3.8) is 0 Å². The molecule has 0 saturated heterocycles. The molecule has 0 aliphatic heterocycles. The summed E-state index contributed by atoms with van der Waals surface area (Å²) in [6.07, 6.45) is 0. The van der Waals surface area contributed by atoms with E-state index in [1.807, 2.05) is 0 Å². The molecule has 44 heavy (non-hydrogen) atoms. The molecule has 0 amide bonds. The van der Waals surface area contributed by atoms with Crippen molar-refractivity contribution >= 4 is 79.7 Å². The Morgan fingerprint density at radius 2 is 1.11 bits per heavy atom. The zero-order valence-corrected chi connectivity index (χ0v) is 24.5. The summed E-state index contributed by atoms with van der Waals surface area (Å²) < 4.78 is 133. The zero-order valence-electron chi connectivity index (χ0n) is 21.3. The van der Waals surface area contributed by atoms with Gasteiger partial charge in [-0.1, -0.05) is 0 Å². The van der Waals surface area contributed by atoms with E-state index < -0.39 is 93.6 Å². The molecular weight excluding hydrogens is 671 g/mol. The molecule has 0 radical (unpaired) electrons. The average molecular weight is 688 g/mol. The molecule has 0 atom stereocenters. The highest BCUT2D eigenvalue weighted by atomic mass is 32.2. The van der Waals surface area contributed by atoms with E-state index in [2.05, 4.69) is 20.5 Å². The lowest BCUT2D eigenvalue weighted by molar-refractivity contribution is 0.471. The number of nitrogens with zero attached hydrogens (tertiary/aromatic N) is 4. The summed E-state index contributed by atoms with van der Waals surface area (Å²) in [7, 11) is -19.9. The van der Waals surface area contributed by atoms with E-state index in [1.54, 1.807) is 0 Å². The Morgan fingerprint density at radius 1 is 0.545 bits per heavy atom. The first-order valence-electron chi connectivity index (χ1n) is 11.2. The quantitative estimate of drug-likeness (QED) is 0.0868. The second-order valence-electron chi connectivity index (χ2n) is 8.60. The maximum atomic E-state index is 12.1. The lowest BCUT2D eigenvalue weighted by atomic mass is 10.1. The van der Waals surface area contributed by atoms with Crippen LogP contribution in [-0.4, -0.2) is 57.0 Å². The molecule has 22 heteroatoms. The van der Waals surface area contributed by atoms with Gasteiger partial charge in [-0.15, -0.1) is 10.2 Å². The number of phenolic OH excluding ortho intramolecular Hbond substituents is 1. The van der Waals surface area contributed by atoms with Crippen LogP contribution in [0.25, 0.3) is 10.8 Å². The van der Waals surface area contributed by atoms with Crippen molar-refractivity contribution < 1.29 is 57.0 Å². The largest absolute Gasteiger partial charge is 0.505 e. The summed E-state index contributed by atoms with van der Waals surface area (Å²) in [4.78, 5) is -3.53. The Kier molecular flexibility index (Phi) is 8.31. The molecular formula is C22H17N5O13S4. The standard InChI is InChI=1S/C22H17N5O13S4/c23-16-7-6-14-15(22(16)44(38,39)40)10-19(43(35,36)37)20(21(14)28)27-26-17-8-3-12(9-18(17)42(32,33)34)25-24-11-1-4-13(5-2-11)41(29,30)31/h1-10,28H,23H2,(H,29,30,31)(H,32,33,34)(H,35,36,37)(H,38,39,40)/b25-24+,27-26+. The van der Waals surface area contributed by atoms with Crippen molar-refractivity contribution in [1.82, 2.24) is 0 Å². The SMILES string of the molecule is Nc1ccc2c(O)c(/N=N/c3ccc(/N=N/c4ccc(S(=O)(=O)O)cc4)cc3S(=O)(=O)O)c(S(=O)(=O)O)cc2c1S(=O)(=O)O. The first-order chi connectivity index (χ1) is 20.2. The van der Waals surface area contributed by atoms with Crippen LogP contribution < -0.4 is 5.73 Å². The minimum absolute atomic E-state index is 0.0815. The Balaban J connectivity index is 1.83. The molecule has 0 aliphatic rings. The van der Waals surface area contributed by atoms with Crippen LogP contribution in [0.2, 0.25) is 0 Å². The Morgan fingerprint density at radius 3 is 1.66 bits per heavy atom. The van der Waals surface area contributed by atoms with Gasteiger partial charge in [0.15, 0.2) is 5.75 Å². The van der Waals surface area contributed by atoms with E-state index in [4.69, 9.17) is 10.3 Å². The third kappa shape index (κ3) is 6.87. The number of hydrogen-bond donors (Lipinski definition) is 6. The lowest BCUT2D eigenvalue weighted by Crippen LogP contribution is -2.06. The molecule has 0 heterocycles. The molecule has 0 unspecified atom stereocenters. The van der Waals surface area contributed by atoms with E-state index in [0.29, 0.717) is 6.07 Å². The Hall–Kier alpha value is -4.42. The maximum absolute atomic E-state index is 12.1. The number of anilines is 1. The highest BCUT2D eigenvalue weighted by molar-refractivity contribution is 7.87. The molecule has 0 aromatic heterocycles. The summed E-state index contributed by atoms with van der Waals surface area (Å²) in [5.41, 5.74) is 3.36. The Labute approximate surface area is 248 Å². The fourth-order valence-corrected chi connectivity index (χ4v) is 6.33. The third-order valence-electron chi connectivity index (χ3n) is 5.65. The average Bonchev–Trinajstić information content (AvgIpc) is 2.89. The van der Waals surface area contributed by atoms with Crippen LogP contribution in [-0.2, 0) is 40.5 Å². The number of azo groups is 2. The van der Waals surface area contributed by atoms with Gasteiger partial charge in [-0.05, 0) is 60.7 Å². The van der Waals surface area contributed by atoms with Crippen molar-refractivity contribution in [3.05, 3.63) is 60.7 Å². The first-order valence-corrected chi connectivity index (χ1v) is 17.0. The molecule has 4 rings (SSSR count). The number of aromatic hydroxyl groups is 1. The monoisotopic (exact) mass is 687 g/mol. The summed E-state index contributed by atoms with van der Waals surface area (Å²) in [5.74, 6) is -1.07. The van der Waals surface area contributed by atoms with E-state index in [9.17, 15) is 52.4 Å². The molecule has 7 N–H and O–H groups in total. The van der Waals surface area contributed by atoms with Gasteiger partial charge >= 0.3 is 0 Å². The maximum Gasteiger partial charge on any atom is 0.297 e. The van der Waals surface area contributed by atoms with Gasteiger partial charge in [-0.3, -0.25) is 18.2 Å². The van der Waals surface area contributed by atoms with Gasteiger partial charge in [0.2, 0.25) is 0 Å². The van der Waals surface area contributed by atoms with Crippen LogP contribution in [0.4, 0.5) is 28.4 Å². The van der Waals surface area contributed by atoms with E-state index in [0.717, 1.165) is 42.5 Å². The summed E-state index contributed by atoms with van der Waals surface area (Å²) in [6.45, 7) is 0. The van der Waals surface area contributed by atoms with Crippen molar-refractivity contribution in [2.75, 3.05) is 5.73 Å². The number of rotatable bonds is 8. The van der Waals surface area contributed by atoms with Crippen LogP contribution >= 0.6 is 0 Å². The third-order valence-corrected chi connectivity index (χ3v) is 9.23. The van der Waals surface area contributed by atoms with Crippen molar-refractivity contribution in [2.45, 2.75) is 19.6 Å². The normalized spacial score (nSPS) is 13.3. The smallest absolute Gasteiger partial charge is 0.297 e. The van der Waals surface area contributed by atoms with E-state index >= 15 is 0 Å². The molecule has 232 valence electrons. The minimum Gasteiger partial charge on any atom is -0.505 e. The second kappa shape index (κ2) is 11.3. The molecule has 0 fully saturated rings. The summed E-state index contributed by atoms with van der Waals surface area (Å²) in [5, 5.41) is 24.4. The van der Waals surface area contributed by atoms with Gasteiger partial charge in [0.25, 0.3) is 40.5 Å². The van der Waals surface area contributed by atoms with Crippen LogP contribution in [0, 0.1) is 0 Å². The molecule has 18 nitrogen and oxygen atoms in total. The van der Waals surface area contributed by atoms with Crippen molar-refractivity contribution in [1.29, 1.82) is 0 Å². The van der Waals surface area contributed by atoms with E-state index in [-0.39, 0.29) is 11.4 Å². The summed E-state index contributed by atoms with van der Waals surface area (Å²) in [6, 6.07) is 9.81. The van der Waals surface area contributed by atoms with Gasteiger partial charge in [0.1, 0.15) is 26.1 Å². The highest BCUT2D eigenvalue weighted by Gasteiger charge is 2.27. The number of fused-ring (bicyclic) bond motifs is 1. The molecule has 0 spiro atoms. The molecule has 4 aromatic rings. The zero-order chi connectivity index (χ0) is 32.8. The van der Waals surface area contributed by atoms with Gasteiger partial charge < -0.3 is 10.8 Å². The molecule has 0 bridgehead atoms.